The zero-order chi connectivity index (χ0) is 19.1. The summed E-state index contributed by atoms with van der Waals surface area (Å²) in [6, 6.07) is 7.67. The van der Waals surface area contributed by atoms with E-state index < -0.39 is 0 Å². The van der Waals surface area contributed by atoms with E-state index >= 15 is 0 Å². The molecule has 1 saturated carbocycles. The second-order valence-electron chi connectivity index (χ2n) is 7.07. The molecular formula is C20H30N4O3. The van der Waals surface area contributed by atoms with E-state index in [1.165, 1.54) is 12.8 Å². The lowest BCUT2D eigenvalue weighted by molar-refractivity contribution is -0.121. The first-order chi connectivity index (χ1) is 13.2. The Morgan fingerprint density at radius 2 is 2.22 bits per heavy atom. The van der Waals surface area contributed by atoms with Crippen LogP contribution in [0, 0.1) is 5.92 Å². The van der Waals surface area contributed by atoms with E-state index in [4.69, 9.17) is 9.47 Å². The molecule has 0 spiro atoms. The number of fused-ring (bicyclic) bond motifs is 1. The molecule has 0 saturated heterocycles. The highest BCUT2D eigenvalue weighted by Crippen LogP contribution is 2.31. The minimum Gasteiger partial charge on any atom is -0.482 e. The Kier molecular flexibility index (Phi) is 6.92. The monoisotopic (exact) mass is 374 g/mol. The number of carbonyl (C=O) groups is 1. The van der Waals surface area contributed by atoms with Gasteiger partial charge in [0.15, 0.2) is 12.6 Å². The first kappa shape index (κ1) is 19.5. The van der Waals surface area contributed by atoms with Crippen molar-refractivity contribution in [1.29, 1.82) is 0 Å². The van der Waals surface area contributed by atoms with Crippen LogP contribution < -0.4 is 15.0 Å². The van der Waals surface area contributed by atoms with E-state index in [1.54, 1.807) is 11.9 Å². The predicted molar refractivity (Wildman–Crippen MR) is 106 cm³/mol. The van der Waals surface area contributed by atoms with E-state index in [-0.39, 0.29) is 12.5 Å². The molecule has 1 aromatic carbocycles. The summed E-state index contributed by atoms with van der Waals surface area (Å²) in [7, 11) is 3.79. The first-order valence-corrected chi connectivity index (χ1v) is 9.70. The molecule has 0 radical (unpaired) electrons. The third kappa shape index (κ3) is 5.60. The van der Waals surface area contributed by atoms with E-state index in [0.717, 1.165) is 49.4 Å². The number of guanidine groups is 1. The van der Waals surface area contributed by atoms with Gasteiger partial charge in [-0.3, -0.25) is 9.79 Å². The topological polar surface area (TPSA) is 66.4 Å². The fraction of sp³-hybridized carbons (Fsp3) is 0.600. The Morgan fingerprint density at radius 3 is 3.00 bits per heavy atom. The van der Waals surface area contributed by atoms with Gasteiger partial charge in [0.2, 0.25) is 0 Å². The molecule has 7 heteroatoms. The summed E-state index contributed by atoms with van der Waals surface area (Å²) >= 11 is 0. The highest BCUT2D eigenvalue weighted by Gasteiger charge is 2.24. The van der Waals surface area contributed by atoms with Crippen molar-refractivity contribution in [2.45, 2.75) is 19.3 Å². The van der Waals surface area contributed by atoms with Gasteiger partial charge >= 0.3 is 0 Å². The van der Waals surface area contributed by atoms with Crippen LogP contribution in [-0.2, 0) is 9.53 Å². The molecule has 0 bridgehead atoms. The molecule has 1 aliphatic heterocycles. The van der Waals surface area contributed by atoms with Gasteiger partial charge in [0.05, 0.1) is 12.3 Å². The number of nitrogens with zero attached hydrogens (tertiary/aromatic N) is 3. The van der Waals surface area contributed by atoms with E-state index in [1.807, 2.05) is 31.3 Å². The largest absolute Gasteiger partial charge is 0.482 e. The fourth-order valence-electron chi connectivity index (χ4n) is 3.06. The van der Waals surface area contributed by atoms with Gasteiger partial charge < -0.3 is 24.6 Å². The minimum atomic E-state index is 0.00279. The molecule has 1 heterocycles. The summed E-state index contributed by atoms with van der Waals surface area (Å²) in [5.74, 6) is 2.41. The Bertz CT molecular complexity index is 660. The predicted octanol–water partition coefficient (Wildman–Crippen LogP) is 1.74. The van der Waals surface area contributed by atoms with Crippen LogP contribution in [0.2, 0.25) is 0 Å². The van der Waals surface area contributed by atoms with Crippen molar-refractivity contribution in [1.82, 2.24) is 10.2 Å². The van der Waals surface area contributed by atoms with Gasteiger partial charge in [0, 0.05) is 40.3 Å². The van der Waals surface area contributed by atoms with Crippen LogP contribution >= 0.6 is 0 Å². The number of rotatable bonds is 9. The lowest BCUT2D eigenvalue weighted by Crippen LogP contribution is -2.43. The highest BCUT2D eigenvalue weighted by molar-refractivity contribution is 5.97. The highest BCUT2D eigenvalue weighted by atomic mass is 16.5. The molecule has 1 aliphatic carbocycles. The third-order valence-corrected chi connectivity index (χ3v) is 4.84. The van der Waals surface area contributed by atoms with E-state index in [2.05, 4.69) is 15.2 Å². The van der Waals surface area contributed by atoms with Crippen molar-refractivity contribution >= 4 is 17.6 Å². The first-order valence-electron chi connectivity index (χ1n) is 9.70. The minimum absolute atomic E-state index is 0.00279. The van der Waals surface area contributed by atoms with E-state index in [9.17, 15) is 4.79 Å². The fourth-order valence-corrected chi connectivity index (χ4v) is 3.06. The summed E-state index contributed by atoms with van der Waals surface area (Å²) in [5.41, 5.74) is 0.850. The number of likely N-dealkylation sites (N-methyl/N-ethyl adjacent to an activating group) is 1. The average Bonchev–Trinajstić information content (AvgIpc) is 3.51. The zero-order valence-corrected chi connectivity index (χ0v) is 16.3. The smallest absolute Gasteiger partial charge is 0.265 e. The number of aliphatic imine (C=N–C) groups is 1. The standard InChI is InChI=1S/C20H30N4O3/c1-21-20(23(2)12-13-26-14-16-8-9-16)22-10-5-11-24-17-6-3-4-7-18(17)27-15-19(24)25/h3-4,6-7,16H,5,8-15H2,1-2H3,(H,21,22). The molecule has 1 fully saturated rings. The third-order valence-electron chi connectivity index (χ3n) is 4.84. The maximum atomic E-state index is 12.2. The summed E-state index contributed by atoms with van der Waals surface area (Å²) < 4.78 is 11.2. The molecule has 1 amide bonds. The number of hydrogen-bond donors (Lipinski definition) is 1. The van der Waals surface area contributed by atoms with Crippen LogP contribution in [0.3, 0.4) is 0 Å². The van der Waals surface area contributed by atoms with Crippen molar-refractivity contribution in [3.63, 3.8) is 0 Å². The number of anilines is 1. The van der Waals surface area contributed by atoms with Crippen LogP contribution in [0.25, 0.3) is 0 Å². The van der Waals surface area contributed by atoms with E-state index in [0.29, 0.717) is 13.2 Å². The average molecular weight is 374 g/mol. The molecule has 27 heavy (non-hydrogen) atoms. The number of hydrogen-bond acceptors (Lipinski definition) is 4. The summed E-state index contributed by atoms with van der Waals surface area (Å²) in [6.07, 6.45) is 3.45. The van der Waals surface area contributed by atoms with Crippen molar-refractivity contribution in [3.8, 4) is 5.75 Å². The van der Waals surface area contributed by atoms with Gasteiger partial charge in [-0.25, -0.2) is 0 Å². The van der Waals surface area contributed by atoms with Crippen LogP contribution in [0.4, 0.5) is 5.69 Å². The SMILES string of the molecule is CN=C(NCCCN1C(=O)COc2ccccc21)N(C)CCOCC1CC1. The molecule has 1 aromatic rings. The van der Waals surface area contributed by atoms with Gasteiger partial charge in [-0.05, 0) is 37.3 Å². The quantitative estimate of drug-likeness (QED) is 0.405. The van der Waals surface area contributed by atoms with Crippen LogP contribution in [-0.4, -0.2) is 70.3 Å². The number of benzene rings is 1. The van der Waals surface area contributed by atoms with Gasteiger partial charge in [0.1, 0.15) is 5.75 Å². The zero-order valence-electron chi connectivity index (χ0n) is 16.3. The molecular weight excluding hydrogens is 344 g/mol. The Labute approximate surface area is 161 Å². The maximum Gasteiger partial charge on any atom is 0.265 e. The number of nitrogens with one attached hydrogen (secondary N) is 1. The number of amides is 1. The summed E-state index contributed by atoms with van der Waals surface area (Å²) in [5, 5.41) is 3.36. The van der Waals surface area contributed by atoms with Crippen molar-refractivity contribution < 1.29 is 14.3 Å². The lowest BCUT2D eigenvalue weighted by Gasteiger charge is -2.29. The lowest BCUT2D eigenvalue weighted by atomic mass is 10.2. The molecule has 3 rings (SSSR count). The van der Waals surface area contributed by atoms with Crippen LogP contribution in [0.5, 0.6) is 5.75 Å². The molecule has 7 nitrogen and oxygen atoms in total. The van der Waals surface area contributed by atoms with Crippen molar-refractivity contribution in [2.75, 3.05) is 58.5 Å². The number of para-hydroxylation sites is 2. The summed E-state index contributed by atoms with van der Waals surface area (Å²) in [6.45, 7) is 3.91. The Morgan fingerprint density at radius 1 is 1.41 bits per heavy atom. The molecule has 2 aliphatic rings. The van der Waals surface area contributed by atoms with Gasteiger partial charge in [-0.15, -0.1) is 0 Å². The second-order valence-corrected chi connectivity index (χ2v) is 7.07. The Hall–Kier alpha value is -2.28. The van der Waals surface area contributed by atoms with Gasteiger partial charge in [-0.1, -0.05) is 12.1 Å². The van der Waals surface area contributed by atoms with Gasteiger partial charge in [0.25, 0.3) is 5.91 Å². The normalized spacial score (nSPS) is 16.7. The van der Waals surface area contributed by atoms with Crippen LogP contribution in [0.15, 0.2) is 29.3 Å². The van der Waals surface area contributed by atoms with Crippen molar-refractivity contribution in [3.05, 3.63) is 24.3 Å². The molecule has 0 unspecified atom stereocenters. The maximum absolute atomic E-state index is 12.2. The molecule has 0 atom stereocenters. The van der Waals surface area contributed by atoms with Crippen LogP contribution in [0.1, 0.15) is 19.3 Å². The number of carbonyl (C=O) groups excluding carboxylic acids is 1. The second kappa shape index (κ2) is 9.60. The Balaban J connectivity index is 1.38. The van der Waals surface area contributed by atoms with Gasteiger partial charge in [-0.2, -0.15) is 0 Å². The molecule has 1 N–H and O–H groups in total. The summed E-state index contributed by atoms with van der Waals surface area (Å²) in [4.78, 5) is 20.4. The molecule has 0 aromatic heterocycles. The van der Waals surface area contributed by atoms with Crippen molar-refractivity contribution in [2.24, 2.45) is 10.9 Å². The molecule has 148 valence electrons. The number of ether oxygens (including phenoxy) is 2.